The lowest BCUT2D eigenvalue weighted by molar-refractivity contribution is -0.142. The van der Waals surface area contributed by atoms with E-state index in [1.165, 1.54) is 18.4 Å². The highest BCUT2D eigenvalue weighted by Gasteiger charge is 2.36. The molecule has 0 aliphatic carbocycles. The van der Waals surface area contributed by atoms with Crippen LogP contribution in [0, 0.1) is 0 Å². The van der Waals surface area contributed by atoms with E-state index in [9.17, 15) is 18.0 Å². The van der Waals surface area contributed by atoms with Crippen LogP contribution in [-0.4, -0.2) is 25.5 Å². The van der Waals surface area contributed by atoms with Crippen LogP contribution in [0.15, 0.2) is 53.1 Å². The Morgan fingerprint density at radius 3 is 2.59 bits per heavy atom. The number of nitrogens with zero attached hydrogens (tertiary/aromatic N) is 4. The van der Waals surface area contributed by atoms with Crippen molar-refractivity contribution in [2.24, 2.45) is 0 Å². The summed E-state index contributed by atoms with van der Waals surface area (Å²) in [6, 6.07) is 10.5. The summed E-state index contributed by atoms with van der Waals surface area (Å²) < 4.78 is 46.1. The summed E-state index contributed by atoms with van der Waals surface area (Å²) in [4.78, 5) is 20.2. The lowest BCUT2D eigenvalue weighted by Gasteiger charge is -2.09. The summed E-state index contributed by atoms with van der Waals surface area (Å²) in [6.45, 7) is 0.128. The number of halogens is 4. The molecule has 3 heterocycles. The Morgan fingerprint density at radius 1 is 1.17 bits per heavy atom. The van der Waals surface area contributed by atoms with Crippen molar-refractivity contribution < 1.29 is 22.4 Å². The molecule has 4 aromatic rings. The number of amides is 1. The fourth-order valence-electron chi connectivity index (χ4n) is 2.58. The second-order valence-corrected chi connectivity index (χ2v) is 6.39. The van der Waals surface area contributed by atoms with Crippen LogP contribution >= 0.6 is 11.6 Å². The minimum atomic E-state index is -4.74. The summed E-state index contributed by atoms with van der Waals surface area (Å²) in [6.07, 6.45) is -3.43. The molecule has 0 unspecified atom stereocenters. The van der Waals surface area contributed by atoms with Gasteiger partial charge in [-0.1, -0.05) is 23.7 Å². The van der Waals surface area contributed by atoms with Crippen LogP contribution in [0.25, 0.3) is 17.2 Å². The van der Waals surface area contributed by atoms with Crippen molar-refractivity contribution >= 4 is 23.3 Å². The van der Waals surface area contributed by atoms with E-state index < -0.39 is 23.6 Å². The van der Waals surface area contributed by atoms with E-state index in [2.05, 4.69) is 20.4 Å². The van der Waals surface area contributed by atoms with Gasteiger partial charge in [-0.15, -0.1) is 5.10 Å². The number of hydrogen-bond acceptors (Lipinski definition) is 5. The molecule has 1 amide bonds. The zero-order chi connectivity index (χ0) is 20.6. The van der Waals surface area contributed by atoms with E-state index in [4.69, 9.17) is 16.0 Å². The number of alkyl halides is 3. The molecule has 29 heavy (non-hydrogen) atoms. The van der Waals surface area contributed by atoms with Crippen molar-refractivity contribution in [3.8, 4) is 11.5 Å². The molecule has 0 saturated heterocycles. The third kappa shape index (κ3) is 3.92. The minimum absolute atomic E-state index is 0.0738. The van der Waals surface area contributed by atoms with Crippen LogP contribution in [0.1, 0.15) is 21.9 Å². The van der Waals surface area contributed by atoms with Gasteiger partial charge < -0.3 is 9.73 Å². The van der Waals surface area contributed by atoms with Crippen molar-refractivity contribution in [1.29, 1.82) is 0 Å². The molecule has 0 radical (unpaired) electrons. The normalized spacial score (nSPS) is 11.7. The number of carbonyl (C=O) groups excluding carboxylic acids is 1. The van der Waals surface area contributed by atoms with Gasteiger partial charge in [0.15, 0.2) is 11.5 Å². The third-order valence-electron chi connectivity index (χ3n) is 3.95. The van der Waals surface area contributed by atoms with Crippen LogP contribution in [0.4, 0.5) is 13.2 Å². The number of benzene rings is 1. The number of rotatable bonds is 4. The van der Waals surface area contributed by atoms with Gasteiger partial charge in [-0.3, -0.25) is 4.79 Å². The number of furan rings is 1. The lowest BCUT2D eigenvalue weighted by atomic mass is 10.2. The maximum absolute atomic E-state index is 13.5. The van der Waals surface area contributed by atoms with Gasteiger partial charge in [0.05, 0.1) is 6.26 Å². The Morgan fingerprint density at radius 2 is 1.93 bits per heavy atom. The molecule has 0 atom stereocenters. The summed E-state index contributed by atoms with van der Waals surface area (Å²) in [7, 11) is 0. The first-order chi connectivity index (χ1) is 13.8. The second kappa shape index (κ2) is 7.21. The van der Waals surface area contributed by atoms with Crippen LogP contribution in [-0.2, 0) is 12.7 Å². The molecule has 0 fully saturated rings. The fourth-order valence-corrected chi connectivity index (χ4v) is 2.71. The summed E-state index contributed by atoms with van der Waals surface area (Å²) >= 11 is 5.80. The predicted molar refractivity (Wildman–Crippen MR) is 96.1 cm³/mol. The highest BCUT2D eigenvalue weighted by atomic mass is 35.5. The van der Waals surface area contributed by atoms with Gasteiger partial charge in [-0.2, -0.15) is 22.7 Å². The second-order valence-electron chi connectivity index (χ2n) is 5.96. The molecule has 7 nitrogen and oxygen atoms in total. The van der Waals surface area contributed by atoms with Crippen LogP contribution < -0.4 is 5.32 Å². The maximum Gasteiger partial charge on any atom is 0.433 e. The standard InChI is InChI=1S/C18H11ClF3N5O2/c19-11-5-3-10(4-6-11)9-23-16(28)15-25-17-24-12(13-2-1-7-29-13)8-14(18(20,21)22)27(17)26-15/h1-8H,9H2,(H,23,28). The largest absolute Gasteiger partial charge is 0.463 e. The SMILES string of the molecule is O=C(NCc1ccc(Cl)cc1)c1nc2nc(-c3ccco3)cc(C(F)(F)F)n2n1. The fraction of sp³-hybridized carbons (Fsp3) is 0.111. The van der Waals surface area contributed by atoms with Crippen molar-refractivity contribution in [2.75, 3.05) is 0 Å². The highest BCUT2D eigenvalue weighted by Crippen LogP contribution is 2.31. The van der Waals surface area contributed by atoms with Crippen molar-refractivity contribution in [3.63, 3.8) is 0 Å². The van der Waals surface area contributed by atoms with Gasteiger partial charge in [0.1, 0.15) is 5.69 Å². The average Bonchev–Trinajstić information content (AvgIpc) is 3.35. The first kappa shape index (κ1) is 18.9. The number of aromatic nitrogens is 4. The van der Waals surface area contributed by atoms with Gasteiger partial charge in [-0.25, -0.2) is 4.98 Å². The zero-order valence-corrected chi connectivity index (χ0v) is 15.2. The van der Waals surface area contributed by atoms with E-state index in [0.717, 1.165) is 11.6 Å². The third-order valence-corrected chi connectivity index (χ3v) is 4.20. The monoisotopic (exact) mass is 421 g/mol. The molecule has 3 aromatic heterocycles. The number of hydrogen-bond donors (Lipinski definition) is 1. The van der Waals surface area contributed by atoms with E-state index in [1.54, 1.807) is 24.3 Å². The molecular weight excluding hydrogens is 411 g/mol. The maximum atomic E-state index is 13.5. The van der Waals surface area contributed by atoms with Crippen molar-refractivity contribution in [2.45, 2.75) is 12.7 Å². The Kier molecular flexibility index (Phi) is 4.71. The molecular formula is C18H11ClF3N5O2. The molecule has 148 valence electrons. The molecule has 1 aromatic carbocycles. The highest BCUT2D eigenvalue weighted by molar-refractivity contribution is 6.30. The zero-order valence-electron chi connectivity index (χ0n) is 14.4. The molecule has 11 heteroatoms. The number of carbonyl (C=O) groups is 1. The van der Waals surface area contributed by atoms with Crippen molar-refractivity contribution in [3.05, 3.63) is 70.8 Å². The summed E-state index contributed by atoms with van der Waals surface area (Å²) in [5.41, 5.74) is -0.450. The lowest BCUT2D eigenvalue weighted by Crippen LogP contribution is -2.24. The van der Waals surface area contributed by atoms with Gasteiger partial charge >= 0.3 is 6.18 Å². The van der Waals surface area contributed by atoms with Gasteiger partial charge in [0, 0.05) is 11.6 Å². The minimum Gasteiger partial charge on any atom is -0.463 e. The van der Waals surface area contributed by atoms with E-state index in [-0.39, 0.29) is 23.8 Å². The number of fused-ring (bicyclic) bond motifs is 1. The quantitative estimate of drug-likeness (QED) is 0.538. The van der Waals surface area contributed by atoms with Gasteiger partial charge in [0.2, 0.25) is 5.82 Å². The Labute approximate surface area is 166 Å². The molecule has 0 aliphatic heterocycles. The van der Waals surface area contributed by atoms with E-state index in [1.807, 2.05) is 0 Å². The average molecular weight is 422 g/mol. The first-order valence-corrected chi connectivity index (χ1v) is 8.60. The van der Waals surface area contributed by atoms with Crippen LogP contribution in [0.5, 0.6) is 0 Å². The molecule has 4 rings (SSSR count). The number of nitrogens with one attached hydrogen (secondary N) is 1. The van der Waals surface area contributed by atoms with Gasteiger partial charge in [0.25, 0.3) is 11.7 Å². The van der Waals surface area contributed by atoms with E-state index in [0.29, 0.717) is 9.54 Å². The first-order valence-electron chi connectivity index (χ1n) is 8.23. The molecule has 0 aliphatic rings. The van der Waals surface area contributed by atoms with Crippen molar-refractivity contribution in [1.82, 2.24) is 24.9 Å². The molecule has 1 N–H and O–H groups in total. The Hall–Kier alpha value is -3.40. The Bertz CT molecular complexity index is 1170. The molecule has 0 spiro atoms. The summed E-state index contributed by atoms with van der Waals surface area (Å²) in [5, 5.41) is 6.78. The molecule has 0 saturated carbocycles. The van der Waals surface area contributed by atoms with Crippen LogP contribution in [0.2, 0.25) is 5.02 Å². The van der Waals surface area contributed by atoms with Crippen LogP contribution in [0.3, 0.4) is 0 Å². The topological polar surface area (TPSA) is 85.3 Å². The van der Waals surface area contributed by atoms with Gasteiger partial charge in [-0.05, 0) is 35.9 Å². The smallest absolute Gasteiger partial charge is 0.433 e. The predicted octanol–water partition coefficient (Wildman–Crippen LogP) is 3.99. The van der Waals surface area contributed by atoms with E-state index >= 15 is 0 Å². The Balaban J connectivity index is 1.67. The molecule has 0 bridgehead atoms. The summed E-state index contributed by atoms with van der Waals surface area (Å²) in [5.74, 6) is -1.41.